The Morgan fingerprint density at radius 3 is 2.33 bits per heavy atom. The summed E-state index contributed by atoms with van der Waals surface area (Å²) < 4.78 is 29.5. The summed E-state index contributed by atoms with van der Waals surface area (Å²) in [4.78, 5) is 41.6. The van der Waals surface area contributed by atoms with Crippen LogP contribution in [0.4, 0.5) is 0 Å². The molecule has 2 aromatic rings. The monoisotopic (exact) mass is 614 g/mol. The number of rotatable bonds is 12. The summed E-state index contributed by atoms with van der Waals surface area (Å²) in [6.07, 6.45) is 5.77. The smallest absolute Gasteiger partial charge is 0.323 e. The zero-order valence-corrected chi connectivity index (χ0v) is 25.2. The number of carboxylic acid groups (broad SMARTS) is 1. The van der Waals surface area contributed by atoms with Crippen LogP contribution in [0.25, 0.3) is 10.8 Å². The van der Waals surface area contributed by atoms with Crippen LogP contribution >= 0.6 is 0 Å². The predicted octanol–water partition coefficient (Wildman–Crippen LogP) is 2.09. The molecular weight excluding hydrogens is 572 g/mol. The summed E-state index contributed by atoms with van der Waals surface area (Å²) in [5.41, 5.74) is 5.56. The van der Waals surface area contributed by atoms with Gasteiger partial charge < -0.3 is 26.0 Å². The van der Waals surface area contributed by atoms with Gasteiger partial charge in [-0.2, -0.15) is 4.72 Å². The predicted molar refractivity (Wildman–Crippen MR) is 163 cm³/mol. The lowest BCUT2D eigenvalue weighted by Gasteiger charge is -2.32. The number of fused-ring (bicyclic) bond motifs is 1. The number of amides is 2. The second-order valence-electron chi connectivity index (χ2n) is 11.6. The van der Waals surface area contributed by atoms with Gasteiger partial charge in [-0.15, -0.1) is 0 Å². The quantitative estimate of drug-likeness (QED) is 0.178. The van der Waals surface area contributed by atoms with Crippen molar-refractivity contribution in [2.24, 2.45) is 17.6 Å². The fraction of sp³-hybridized carbons (Fsp3) is 0.533. The molecule has 2 fully saturated rings. The second-order valence-corrected chi connectivity index (χ2v) is 13.3. The first-order valence-electron chi connectivity index (χ1n) is 14.9. The molecule has 43 heavy (non-hydrogen) atoms. The Morgan fingerprint density at radius 1 is 1.00 bits per heavy atom. The Balaban J connectivity index is 1.51. The van der Waals surface area contributed by atoms with E-state index < -0.39 is 46.8 Å². The molecule has 1 atom stereocenters. The number of benzene rings is 2. The van der Waals surface area contributed by atoms with E-state index in [-0.39, 0.29) is 29.2 Å². The Hall–Kier alpha value is -3.71. The van der Waals surface area contributed by atoms with E-state index in [0.717, 1.165) is 50.3 Å². The van der Waals surface area contributed by atoms with Gasteiger partial charge in [0.15, 0.2) is 5.96 Å². The first-order chi connectivity index (χ1) is 20.5. The molecule has 2 aromatic carbocycles. The SMILES string of the molecule is N=C(N)N1CCC(CNC(=O)CC(NS(=O)(=O)c2ccc3ccccc3c2)C(=O)N(CC(=O)O)CC2CCCCC2)CC1. The zero-order chi connectivity index (χ0) is 31.0. The molecule has 1 saturated carbocycles. The number of carbonyl (C=O) groups is 3. The highest BCUT2D eigenvalue weighted by Gasteiger charge is 2.34. The lowest BCUT2D eigenvalue weighted by molar-refractivity contribution is -0.146. The standard InChI is InChI=1S/C30H42N6O6S/c31-30(32)35-14-12-21(13-15-35)18-33-27(37)17-26(29(40)36(20-28(38)39)19-22-6-2-1-3-7-22)34-43(41,42)25-11-10-23-8-4-5-9-24(23)16-25/h4-5,8-11,16,21-22,26,34H,1-3,6-7,12-15,17-20H2,(H3,31,32)(H,33,37)(H,38,39). The first-order valence-corrected chi connectivity index (χ1v) is 16.4. The summed E-state index contributed by atoms with van der Waals surface area (Å²) in [6.45, 7) is 1.15. The number of nitrogens with one attached hydrogen (secondary N) is 3. The number of aliphatic carboxylic acids is 1. The summed E-state index contributed by atoms with van der Waals surface area (Å²) in [7, 11) is -4.25. The molecule has 234 valence electrons. The number of guanidine groups is 1. The third-order valence-corrected chi connectivity index (χ3v) is 9.87. The van der Waals surface area contributed by atoms with Crippen molar-refractivity contribution in [1.82, 2.24) is 19.8 Å². The van der Waals surface area contributed by atoms with Crippen LogP contribution in [0.5, 0.6) is 0 Å². The number of hydrogen-bond donors (Lipinski definition) is 5. The Morgan fingerprint density at radius 2 is 1.67 bits per heavy atom. The molecular formula is C30H42N6O6S. The van der Waals surface area contributed by atoms with Gasteiger partial charge in [0.1, 0.15) is 12.6 Å². The second kappa shape index (κ2) is 14.6. The van der Waals surface area contributed by atoms with Gasteiger partial charge in [-0.1, -0.05) is 49.6 Å². The fourth-order valence-corrected chi connectivity index (χ4v) is 7.18. The van der Waals surface area contributed by atoms with Crippen LogP contribution in [-0.4, -0.2) is 85.8 Å². The molecule has 0 spiro atoms. The van der Waals surface area contributed by atoms with E-state index in [0.29, 0.717) is 25.0 Å². The molecule has 2 amide bonds. The van der Waals surface area contributed by atoms with Crippen LogP contribution in [0.1, 0.15) is 51.4 Å². The van der Waals surface area contributed by atoms with Crippen LogP contribution in [0, 0.1) is 17.2 Å². The average molecular weight is 615 g/mol. The Labute approximate surface area is 252 Å². The van der Waals surface area contributed by atoms with Gasteiger partial charge in [-0.05, 0) is 60.4 Å². The largest absolute Gasteiger partial charge is 0.480 e. The summed E-state index contributed by atoms with van der Waals surface area (Å²) in [6, 6.07) is 10.4. The molecule has 1 saturated heterocycles. The minimum Gasteiger partial charge on any atom is -0.480 e. The first kappa shape index (κ1) is 32.2. The van der Waals surface area contributed by atoms with Crippen molar-refractivity contribution in [2.75, 3.05) is 32.7 Å². The van der Waals surface area contributed by atoms with Crippen molar-refractivity contribution in [1.29, 1.82) is 5.41 Å². The number of nitrogens with two attached hydrogens (primary N) is 1. The minimum absolute atomic E-state index is 0.0154. The Bertz CT molecular complexity index is 1420. The maximum absolute atomic E-state index is 13.8. The molecule has 1 aliphatic heterocycles. The lowest BCUT2D eigenvalue weighted by Crippen LogP contribution is -2.53. The topological polar surface area (TPSA) is 186 Å². The molecule has 6 N–H and O–H groups in total. The minimum atomic E-state index is -4.25. The van der Waals surface area contributed by atoms with Gasteiger partial charge in [0, 0.05) is 26.2 Å². The van der Waals surface area contributed by atoms with Crippen LogP contribution in [0.3, 0.4) is 0 Å². The number of nitrogens with zero attached hydrogens (tertiary/aromatic N) is 2. The van der Waals surface area contributed by atoms with Crippen LogP contribution < -0.4 is 15.8 Å². The van der Waals surface area contributed by atoms with Gasteiger partial charge >= 0.3 is 5.97 Å². The van der Waals surface area contributed by atoms with Gasteiger partial charge in [0.05, 0.1) is 11.3 Å². The van der Waals surface area contributed by atoms with E-state index >= 15 is 0 Å². The molecule has 1 heterocycles. The molecule has 0 radical (unpaired) electrons. The van der Waals surface area contributed by atoms with Crippen molar-refractivity contribution in [3.8, 4) is 0 Å². The maximum Gasteiger partial charge on any atom is 0.323 e. The summed E-state index contributed by atoms with van der Waals surface area (Å²) in [5.74, 6) is -2.17. The van der Waals surface area contributed by atoms with Crippen molar-refractivity contribution in [3.63, 3.8) is 0 Å². The maximum atomic E-state index is 13.8. The number of likely N-dealkylation sites (tertiary alicyclic amines) is 1. The van der Waals surface area contributed by atoms with E-state index in [2.05, 4.69) is 10.0 Å². The molecule has 0 aromatic heterocycles. The van der Waals surface area contributed by atoms with Crippen molar-refractivity contribution < 1.29 is 27.9 Å². The molecule has 1 unspecified atom stereocenters. The number of sulfonamides is 1. The summed E-state index contributed by atoms with van der Waals surface area (Å²) >= 11 is 0. The highest BCUT2D eigenvalue weighted by atomic mass is 32.2. The van der Waals surface area contributed by atoms with E-state index in [1.807, 2.05) is 12.1 Å². The number of hydrogen-bond acceptors (Lipinski definition) is 6. The zero-order valence-electron chi connectivity index (χ0n) is 24.3. The molecule has 13 heteroatoms. The number of piperidine rings is 1. The number of carboxylic acids is 1. The van der Waals surface area contributed by atoms with E-state index in [1.165, 1.54) is 17.0 Å². The third-order valence-electron chi connectivity index (χ3n) is 8.40. The molecule has 1 aliphatic carbocycles. The molecule has 2 aliphatic rings. The van der Waals surface area contributed by atoms with Crippen LogP contribution in [0.15, 0.2) is 47.4 Å². The number of carbonyl (C=O) groups excluding carboxylic acids is 2. The molecule has 12 nitrogen and oxygen atoms in total. The van der Waals surface area contributed by atoms with Crippen LogP contribution in [0.2, 0.25) is 0 Å². The molecule has 0 bridgehead atoms. The third kappa shape index (κ3) is 9.14. The van der Waals surface area contributed by atoms with Crippen LogP contribution in [-0.2, 0) is 24.4 Å². The average Bonchev–Trinajstić information content (AvgIpc) is 2.99. The Kier molecular flexibility index (Phi) is 11.0. The van der Waals surface area contributed by atoms with Crippen molar-refractivity contribution in [2.45, 2.75) is 62.3 Å². The van der Waals surface area contributed by atoms with E-state index in [1.54, 1.807) is 23.1 Å². The fourth-order valence-electron chi connectivity index (χ4n) is 5.96. The van der Waals surface area contributed by atoms with E-state index in [9.17, 15) is 27.9 Å². The lowest BCUT2D eigenvalue weighted by atomic mass is 9.89. The van der Waals surface area contributed by atoms with E-state index in [4.69, 9.17) is 11.1 Å². The highest BCUT2D eigenvalue weighted by Crippen LogP contribution is 2.25. The van der Waals surface area contributed by atoms with Gasteiger partial charge in [-0.25, -0.2) is 8.42 Å². The molecule has 4 rings (SSSR count). The summed E-state index contributed by atoms with van der Waals surface area (Å²) in [5, 5.41) is 21.5. The normalized spacial score (nSPS) is 17.3. The van der Waals surface area contributed by atoms with Crippen molar-refractivity contribution in [3.05, 3.63) is 42.5 Å². The van der Waals surface area contributed by atoms with Gasteiger partial charge in [0.2, 0.25) is 21.8 Å². The highest BCUT2D eigenvalue weighted by molar-refractivity contribution is 7.89. The van der Waals surface area contributed by atoms with Crippen molar-refractivity contribution >= 4 is 44.5 Å². The van der Waals surface area contributed by atoms with Gasteiger partial charge in [0.25, 0.3) is 0 Å². The van der Waals surface area contributed by atoms with Gasteiger partial charge in [-0.3, -0.25) is 19.8 Å².